The maximum absolute atomic E-state index is 5.62. The Morgan fingerprint density at radius 3 is 3.21 bits per heavy atom. The second-order valence-electron chi connectivity index (χ2n) is 2.92. The second kappa shape index (κ2) is 3.41. The Balaban J connectivity index is 2.36. The summed E-state index contributed by atoms with van der Waals surface area (Å²) in [4.78, 5) is 4.21. The number of benzene rings is 1. The van der Waals surface area contributed by atoms with Gasteiger partial charge in [0.25, 0.3) is 6.01 Å². The van der Waals surface area contributed by atoms with E-state index >= 15 is 0 Å². The van der Waals surface area contributed by atoms with Gasteiger partial charge in [0, 0.05) is 12.2 Å². The highest BCUT2D eigenvalue weighted by Gasteiger charge is 2.03. The Bertz CT molecular complexity index is 461. The van der Waals surface area contributed by atoms with Crippen LogP contribution >= 0.6 is 0 Å². The Morgan fingerprint density at radius 2 is 2.43 bits per heavy atom. The molecule has 0 saturated carbocycles. The molecule has 0 bridgehead atoms. The quantitative estimate of drug-likeness (QED) is 0.572. The molecule has 14 heavy (non-hydrogen) atoms. The molecule has 4 heteroatoms. The molecule has 1 aromatic carbocycles. The zero-order valence-electron chi connectivity index (χ0n) is 7.66. The SMILES string of the molecule is C=CCNc1nc2cc(N)ccc2o1. The van der Waals surface area contributed by atoms with E-state index in [-0.39, 0.29) is 0 Å². The van der Waals surface area contributed by atoms with Crippen molar-refractivity contribution in [1.82, 2.24) is 4.98 Å². The summed E-state index contributed by atoms with van der Waals surface area (Å²) in [6.07, 6.45) is 1.74. The summed E-state index contributed by atoms with van der Waals surface area (Å²) in [6, 6.07) is 5.85. The molecule has 0 fully saturated rings. The van der Waals surface area contributed by atoms with Crippen LogP contribution in [0.1, 0.15) is 0 Å². The Labute approximate surface area is 81.4 Å². The molecule has 2 rings (SSSR count). The van der Waals surface area contributed by atoms with E-state index in [9.17, 15) is 0 Å². The van der Waals surface area contributed by atoms with Crippen LogP contribution < -0.4 is 11.1 Å². The third-order valence-electron chi connectivity index (χ3n) is 1.81. The summed E-state index contributed by atoms with van der Waals surface area (Å²) in [5, 5.41) is 2.97. The Hall–Kier alpha value is -1.97. The normalized spacial score (nSPS) is 10.3. The zero-order valence-corrected chi connectivity index (χ0v) is 7.66. The summed E-state index contributed by atoms with van der Waals surface area (Å²) in [5.74, 6) is 0. The van der Waals surface area contributed by atoms with Crippen LogP contribution in [0.5, 0.6) is 0 Å². The lowest BCUT2D eigenvalue weighted by molar-refractivity contribution is 0.618. The van der Waals surface area contributed by atoms with Crippen molar-refractivity contribution in [3.05, 3.63) is 30.9 Å². The minimum atomic E-state index is 0.491. The van der Waals surface area contributed by atoms with Crippen molar-refractivity contribution in [3.63, 3.8) is 0 Å². The van der Waals surface area contributed by atoms with Crippen LogP contribution in [0, 0.1) is 0 Å². The van der Waals surface area contributed by atoms with Crippen molar-refractivity contribution in [2.24, 2.45) is 0 Å². The van der Waals surface area contributed by atoms with Crippen LogP contribution in [-0.4, -0.2) is 11.5 Å². The molecule has 0 aliphatic heterocycles. The van der Waals surface area contributed by atoms with Crippen molar-refractivity contribution >= 4 is 22.8 Å². The maximum Gasteiger partial charge on any atom is 0.295 e. The van der Waals surface area contributed by atoms with Gasteiger partial charge in [-0.3, -0.25) is 0 Å². The molecule has 0 atom stereocenters. The van der Waals surface area contributed by atoms with Gasteiger partial charge in [-0.2, -0.15) is 4.98 Å². The molecule has 72 valence electrons. The first-order valence-electron chi connectivity index (χ1n) is 4.30. The van der Waals surface area contributed by atoms with Crippen LogP contribution in [0.4, 0.5) is 11.7 Å². The van der Waals surface area contributed by atoms with E-state index in [1.165, 1.54) is 0 Å². The predicted molar refractivity (Wildman–Crippen MR) is 57.1 cm³/mol. The van der Waals surface area contributed by atoms with Gasteiger partial charge in [-0.1, -0.05) is 6.08 Å². The van der Waals surface area contributed by atoms with Crippen molar-refractivity contribution in [3.8, 4) is 0 Å². The number of anilines is 2. The number of oxazole rings is 1. The molecule has 1 heterocycles. The van der Waals surface area contributed by atoms with Gasteiger partial charge in [0.1, 0.15) is 5.52 Å². The first kappa shape index (κ1) is 8.62. The number of nitrogens with zero attached hydrogens (tertiary/aromatic N) is 1. The number of nitrogen functional groups attached to an aromatic ring is 1. The van der Waals surface area contributed by atoms with Crippen LogP contribution in [0.2, 0.25) is 0 Å². The van der Waals surface area contributed by atoms with Crippen LogP contribution in [-0.2, 0) is 0 Å². The molecule has 0 unspecified atom stereocenters. The number of rotatable bonds is 3. The monoisotopic (exact) mass is 189 g/mol. The Kier molecular flexibility index (Phi) is 2.10. The summed E-state index contributed by atoms with van der Waals surface area (Å²) >= 11 is 0. The first-order chi connectivity index (χ1) is 6.79. The van der Waals surface area contributed by atoms with Crippen molar-refractivity contribution in [2.45, 2.75) is 0 Å². The molecule has 1 aromatic heterocycles. The lowest BCUT2D eigenvalue weighted by Gasteiger charge is -1.92. The molecular formula is C10H11N3O. The summed E-state index contributed by atoms with van der Waals surface area (Å²) in [6.45, 7) is 4.22. The van der Waals surface area contributed by atoms with E-state index in [2.05, 4.69) is 16.9 Å². The fraction of sp³-hybridized carbons (Fsp3) is 0.100. The highest BCUT2D eigenvalue weighted by molar-refractivity contribution is 5.78. The lowest BCUT2D eigenvalue weighted by Crippen LogP contribution is -1.96. The third-order valence-corrected chi connectivity index (χ3v) is 1.81. The first-order valence-corrected chi connectivity index (χ1v) is 4.30. The van der Waals surface area contributed by atoms with Crippen molar-refractivity contribution in [1.29, 1.82) is 0 Å². The average molecular weight is 189 g/mol. The number of nitrogens with two attached hydrogens (primary N) is 1. The van der Waals surface area contributed by atoms with Crippen molar-refractivity contribution < 1.29 is 4.42 Å². The summed E-state index contributed by atoms with van der Waals surface area (Å²) in [5.41, 5.74) is 7.78. The number of fused-ring (bicyclic) bond motifs is 1. The van der Waals surface area contributed by atoms with Gasteiger partial charge >= 0.3 is 0 Å². The van der Waals surface area contributed by atoms with Crippen molar-refractivity contribution in [2.75, 3.05) is 17.6 Å². The minimum absolute atomic E-state index is 0.491. The number of hydrogen-bond acceptors (Lipinski definition) is 4. The molecule has 0 aliphatic carbocycles. The molecule has 4 nitrogen and oxygen atoms in total. The van der Waals surface area contributed by atoms with Gasteiger partial charge in [0.05, 0.1) is 0 Å². The molecule has 0 amide bonds. The molecule has 2 aromatic rings. The molecule has 0 aliphatic rings. The third kappa shape index (κ3) is 1.54. The smallest absolute Gasteiger partial charge is 0.295 e. The van der Waals surface area contributed by atoms with E-state index in [0.717, 1.165) is 11.1 Å². The van der Waals surface area contributed by atoms with E-state index < -0.39 is 0 Å². The minimum Gasteiger partial charge on any atom is -0.424 e. The van der Waals surface area contributed by atoms with Gasteiger partial charge in [0.2, 0.25) is 0 Å². The van der Waals surface area contributed by atoms with Crippen LogP contribution in [0.25, 0.3) is 11.1 Å². The van der Waals surface area contributed by atoms with E-state index in [0.29, 0.717) is 18.2 Å². The molecule has 3 N–H and O–H groups in total. The topological polar surface area (TPSA) is 64.1 Å². The molecule has 0 spiro atoms. The predicted octanol–water partition coefficient (Wildman–Crippen LogP) is 2.01. The van der Waals surface area contributed by atoms with Gasteiger partial charge in [-0.25, -0.2) is 0 Å². The van der Waals surface area contributed by atoms with Gasteiger partial charge in [-0.15, -0.1) is 6.58 Å². The molecule has 0 radical (unpaired) electrons. The zero-order chi connectivity index (χ0) is 9.97. The second-order valence-corrected chi connectivity index (χ2v) is 2.92. The molecule has 0 saturated heterocycles. The number of hydrogen-bond donors (Lipinski definition) is 2. The summed E-state index contributed by atoms with van der Waals surface area (Å²) < 4.78 is 5.40. The largest absolute Gasteiger partial charge is 0.424 e. The summed E-state index contributed by atoms with van der Waals surface area (Å²) in [7, 11) is 0. The van der Waals surface area contributed by atoms with Gasteiger partial charge < -0.3 is 15.5 Å². The average Bonchev–Trinajstić information content (AvgIpc) is 2.56. The fourth-order valence-electron chi connectivity index (χ4n) is 1.18. The van der Waals surface area contributed by atoms with Gasteiger partial charge in [0.15, 0.2) is 5.58 Å². The van der Waals surface area contributed by atoms with E-state index in [1.54, 1.807) is 24.3 Å². The Morgan fingerprint density at radius 1 is 1.57 bits per heavy atom. The van der Waals surface area contributed by atoms with Crippen LogP contribution in [0.3, 0.4) is 0 Å². The maximum atomic E-state index is 5.62. The van der Waals surface area contributed by atoms with E-state index in [4.69, 9.17) is 10.2 Å². The number of nitrogens with one attached hydrogen (secondary N) is 1. The molecular weight excluding hydrogens is 178 g/mol. The highest BCUT2D eigenvalue weighted by atomic mass is 16.4. The highest BCUT2D eigenvalue weighted by Crippen LogP contribution is 2.20. The van der Waals surface area contributed by atoms with Crippen LogP contribution in [0.15, 0.2) is 35.3 Å². The number of aromatic nitrogens is 1. The standard InChI is InChI=1S/C10H11N3O/c1-2-5-12-10-13-8-6-7(11)3-4-9(8)14-10/h2-4,6H,1,5,11H2,(H,12,13). The lowest BCUT2D eigenvalue weighted by atomic mass is 10.3. The van der Waals surface area contributed by atoms with E-state index in [1.807, 2.05) is 0 Å². The van der Waals surface area contributed by atoms with Gasteiger partial charge in [-0.05, 0) is 18.2 Å². The fourth-order valence-corrected chi connectivity index (χ4v) is 1.18.